The van der Waals surface area contributed by atoms with Crippen molar-refractivity contribution in [1.29, 1.82) is 0 Å². The maximum absolute atomic E-state index is 11.9. The number of aryl methyl sites for hydroxylation is 1. The normalized spacial score (nSPS) is 10.1. The van der Waals surface area contributed by atoms with Gasteiger partial charge in [-0.25, -0.2) is 4.79 Å². The summed E-state index contributed by atoms with van der Waals surface area (Å²) < 4.78 is 10.5. The second-order valence-electron chi connectivity index (χ2n) is 4.78. The molecule has 7 heteroatoms. The Morgan fingerprint density at radius 1 is 1.22 bits per heavy atom. The Morgan fingerprint density at radius 3 is 2.65 bits per heavy atom. The molecule has 0 heterocycles. The number of rotatable bonds is 6. The molecule has 0 radical (unpaired) electrons. The van der Waals surface area contributed by atoms with Gasteiger partial charge in [-0.1, -0.05) is 18.2 Å². The Morgan fingerprint density at radius 2 is 1.96 bits per heavy atom. The van der Waals surface area contributed by atoms with E-state index in [1.54, 1.807) is 0 Å². The van der Waals surface area contributed by atoms with E-state index in [1.807, 2.05) is 31.2 Å². The van der Waals surface area contributed by atoms with E-state index in [9.17, 15) is 14.9 Å². The number of nitrogens with zero attached hydrogens (tertiary/aromatic N) is 1. The van der Waals surface area contributed by atoms with Gasteiger partial charge in [-0.3, -0.25) is 10.1 Å². The van der Waals surface area contributed by atoms with E-state index in [2.05, 4.69) is 0 Å². The van der Waals surface area contributed by atoms with Crippen molar-refractivity contribution in [2.75, 3.05) is 18.9 Å². The number of ether oxygens (including phenoxy) is 2. The Hall–Kier alpha value is -3.09. The van der Waals surface area contributed by atoms with Gasteiger partial charge >= 0.3 is 5.97 Å². The number of carbonyl (C=O) groups is 1. The number of para-hydroxylation sites is 1. The SMILES string of the molecule is Cc1ccccc1OCCOC(=O)c1cc([N+](=O)[O-])ccc1N. The molecule has 0 spiro atoms. The van der Waals surface area contributed by atoms with Crippen LogP contribution >= 0.6 is 0 Å². The molecule has 0 amide bonds. The van der Waals surface area contributed by atoms with Crippen molar-refractivity contribution in [3.63, 3.8) is 0 Å². The van der Waals surface area contributed by atoms with E-state index in [4.69, 9.17) is 15.2 Å². The number of nitrogens with two attached hydrogens (primary N) is 1. The highest BCUT2D eigenvalue weighted by Crippen LogP contribution is 2.20. The van der Waals surface area contributed by atoms with Crippen LogP contribution in [0.4, 0.5) is 11.4 Å². The first-order valence-corrected chi connectivity index (χ1v) is 6.88. The van der Waals surface area contributed by atoms with Gasteiger partial charge in [0.05, 0.1) is 10.5 Å². The molecular weight excluding hydrogens is 300 g/mol. The van der Waals surface area contributed by atoms with Gasteiger partial charge in [-0.2, -0.15) is 0 Å². The van der Waals surface area contributed by atoms with Gasteiger partial charge < -0.3 is 15.2 Å². The molecular formula is C16H16N2O5. The molecule has 2 rings (SSSR count). The summed E-state index contributed by atoms with van der Waals surface area (Å²) in [6.45, 7) is 2.09. The number of nitro groups is 1. The molecule has 7 nitrogen and oxygen atoms in total. The molecule has 0 unspecified atom stereocenters. The summed E-state index contributed by atoms with van der Waals surface area (Å²) in [6, 6.07) is 11.1. The zero-order chi connectivity index (χ0) is 16.8. The van der Waals surface area contributed by atoms with Crippen molar-refractivity contribution in [3.05, 3.63) is 63.7 Å². The maximum atomic E-state index is 11.9. The number of non-ortho nitro benzene ring substituents is 1. The summed E-state index contributed by atoms with van der Waals surface area (Å²) in [6.07, 6.45) is 0. The summed E-state index contributed by atoms with van der Waals surface area (Å²) in [7, 11) is 0. The minimum atomic E-state index is -0.723. The quantitative estimate of drug-likeness (QED) is 0.289. The van der Waals surface area contributed by atoms with Gasteiger partial charge in [-0.05, 0) is 24.6 Å². The molecule has 120 valence electrons. The molecule has 0 aliphatic heterocycles. The highest BCUT2D eigenvalue weighted by Gasteiger charge is 2.16. The Bertz CT molecular complexity index is 730. The van der Waals surface area contributed by atoms with Crippen LogP contribution in [0.2, 0.25) is 0 Å². The van der Waals surface area contributed by atoms with Crippen LogP contribution in [0.5, 0.6) is 5.75 Å². The smallest absolute Gasteiger partial charge is 0.340 e. The second-order valence-corrected chi connectivity index (χ2v) is 4.78. The second kappa shape index (κ2) is 7.26. The van der Waals surface area contributed by atoms with Crippen molar-refractivity contribution in [2.45, 2.75) is 6.92 Å². The van der Waals surface area contributed by atoms with Crippen molar-refractivity contribution in [2.24, 2.45) is 0 Å². The van der Waals surface area contributed by atoms with Gasteiger partial charge in [0, 0.05) is 17.8 Å². The molecule has 0 aromatic heterocycles. The maximum Gasteiger partial charge on any atom is 0.340 e. The minimum Gasteiger partial charge on any atom is -0.490 e. The first kappa shape index (κ1) is 16.3. The highest BCUT2D eigenvalue weighted by molar-refractivity contribution is 5.95. The largest absolute Gasteiger partial charge is 0.490 e. The third-order valence-electron chi connectivity index (χ3n) is 3.14. The molecule has 2 aromatic rings. The zero-order valence-electron chi connectivity index (χ0n) is 12.5. The first-order valence-electron chi connectivity index (χ1n) is 6.88. The number of anilines is 1. The fourth-order valence-electron chi connectivity index (χ4n) is 1.92. The van der Waals surface area contributed by atoms with Crippen molar-refractivity contribution in [1.82, 2.24) is 0 Å². The van der Waals surface area contributed by atoms with Crippen molar-refractivity contribution < 1.29 is 19.2 Å². The summed E-state index contributed by atoms with van der Waals surface area (Å²) in [5, 5.41) is 10.7. The number of hydrogen-bond donors (Lipinski definition) is 1. The molecule has 0 aliphatic carbocycles. The number of nitro benzene ring substituents is 1. The van der Waals surface area contributed by atoms with E-state index in [1.165, 1.54) is 12.1 Å². The van der Waals surface area contributed by atoms with Crippen LogP contribution in [-0.2, 0) is 4.74 Å². The lowest BCUT2D eigenvalue weighted by atomic mass is 10.1. The molecule has 2 N–H and O–H groups in total. The van der Waals surface area contributed by atoms with E-state index in [-0.39, 0.29) is 30.2 Å². The van der Waals surface area contributed by atoms with E-state index in [0.29, 0.717) is 5.75 Å². The summed E-state index contributed by atoms with van der Waals surface area (Å²) >= 11 is 0. The molecule has 0 fully saturated rings. The molecule has 2 aromatic carbocycles. The lowest BCUT2D eigenvalue weighted by molar-refractivity contribution is -0.384. The van der Waals surface area contributed by atoms with E-state index in [0.717, 1.165) is 11.6 Å². The van der Waals surface area contributed by atoms with Gasteiger partial charge in [-0.15, -0.1) is 0 Å². The number of benzene rings is 2. The molecule has 0 aliphatic rings. The monoisotopic (exact) mass is 316 g/mol. The van der Waals surface area contributed by atoms with Crippen LogP contribution in [0.25, 0.3) is 0 Å². The Balaban J connectivity index is 1.91. The van der Waals surface area contributed by atoms with Crippen molar-refractivity contribution >= 4 is 17.3 Å². The van der Waals surface area contributed by atoms with E-state index >= 15 is 0 Å². The Labute approximate surface area is 132 Å². The molecule has 0 bridgehead atoms. The third-order valence-corrected chi connectivity index (χ3v) is 3.14. The van der Waals surface area contributed by atoms with Crippen LogP contribution in [0.1, 0.15) is 15.9 Å². The van der Waals surface area contributed by atoms with Crippen LogP contribution in [0.15, 0.2) is 42.5 Å². The van der Waals surface area contributed by atoms with Crippen LogP contribution < -0.4 is 10.5 Å². The number of carbonyl (C=O) groups excluding carboxylic acids is 1. The lowest BCUT2D eigenvalue weighted by Gasteiger charge is -2.10. The number of hydrogen-bond acceptors (Lipinski definition) is 6. The third kappa shape index (κ3) is 4.19. The van der Waals surface area contributed by atoms with Crippen LogP contribution in [0.3, 0.4) is 0 Å². The molecule has 0 saturated heterocycles. The number of esters is 1. The fraction of sp³-hybridized carbons (Fsp3) is 0.188. The predicted octanol–water partition coefficient (Wildman–Crippen LogP) is 2.72. The summed E-state index contributed by atoms with van der Waals surface area (Å²) in [5.41, 5.74) is 6.50. The van der Waals surface area contributed by atoms with Gasteiger partial charge in [0.25, 0.3) is 5.69 Å². The predicted molar refractivity (Wildman–Crippen MR) is 84.5 cm³/mol. The lowest BCUT2D eigenvalue weighted by Crippen LogP contribution is -2.14. The van der Waals surface area contributed by atoms with E-state index < -0.39 is 10.9 Å². The Kier molecular flexibility index (Phi) is 5.14. The zero-order valence-corrected chi connectivity index (χ0v) is 12.5. The van der Waals surface area contributed by atoms with Crippen LogP contribution in [0, 0.1) is 17.0 Å². The first-order chi connectivity index (χ1) is 11.0. The van der Waals surface area contributed by atoms with Crippen molar-refractivity contribution in [3.8, 4) is 5.75 Å². The van der Waals surface area contributed by atoms with Gasteiger partial charge in [0.2, 0.25) is 0 Å². The highest BCUT2D eigenvalue weighted by atomic mass is 16.6. The topological polar surface area (TPSA) is 105 Å². The summed E-state index contributed by atoms with van der Waals surface area (Å²) in [4.78, 5) is 22.1. The van der Waals surface area contributed by atoms with Gasteiger partial charge in [0.15, 0.2) is 0 Å². The number of nitrogen functional groups attached to an aromatic ring is 1. The molecule has 0 atom stereocenters. The molecule has 23 heavy (non-hydrogen) atoms. The minimum absolute atomic E-state index is 0.00923. The van der Waals surface area contributed by atoms with Gasteiger partial charge in [0.1, 0.15) is 19.0 Å². The standard InChI is InChI=1S/C16H16N2O5/c1-11-4-2-3-5-15(11)22-8-9-23-16(19)13-10-12(18(20)21)6-7-14(13)17/h2-7,10H,8-9,17H2,1H3. The average molecular weight is 316 g/mol. The molecule has 0 saturated carbocycles. The summed E-state index contributed by atoms with van der Waals surface area (Å²) in [5.74, 6) is -0.0157. The average Bonchev–Trinajstić information content (AvgIpc) is 2.53. The van der Waals surface area contributed by atoms with Crippen LogP contribution in [-0.4, -0.2) is 24.1 Å². The fourth-order valence-corrected chi connectivity index (χ4v) is 1.92.